The van der Waals surface area contributed by atoms with E-state index in [9.17, 15) is 18.0 Å². The van der Waals surface area contributed by atoms with Crippen LogP contribution < -0.4 is 14.8 Å². The van der Waals surface area contributed by atoms with Gasteiger partial charge in [0.25, 0.3) is 0 Å². The van der Waals surface area contributed by atoms with E-state index >= 15 is 0 Å². The number of fused-ring (bicyclic) bond motifs is 1. The van der Waals surface area contributed by atoms with Crippen molar-refractivity contribution in [2.75, 3.05) is 33.4 Å². The number of nitrogens with zero attached hydrogens (tertiary/aromatic N) is 1. The summed E-state index contributed by atoms with van der Waals surface area (Å²) in [6.07, 6.45) is 0.783. The van der Waals surface area contributed by atoms with Crippen LogP contribution in [0.5, 0.6) is 11.5 Å². The highest BCUT2D eigenvalue weighted by atomic mass is 32.2. The first-order chi connectivity index (χ1) is 16.8. The van der Waals surface area contributed by atoms with Gasteiger partial charge < -0.3 is 19.5 Å². The van der Waals surface area contributed by atoms with Crippen molar-refractivity contribution in [2.45, 2.75) is 37.1 Å². The van der Waals surface area contributed by atoms with Crippen molar-refractivity contribution in [2.24, 2.45) is 5.92 Å². The summed E-state index contributed by atoms with van der Waals surface area (Å²) < 4.78 is 43.5. The van der Waals surface area contributed by atoms with Gasteiger partial charge >= 0.3 is 5.97 Å². The van der Waals surface area contributed by atoms with Gasteiger partial charge in [-0.15, -0.1) is 0 Å². The Kier molecular flexibility index (Phi) is 7.61. The molecule has 0 aromatic heterocycles. The summed E-state index contributed by atoms with van der Waals surface area (Å²) in [5.41, 5.74) is 1.89. The number of aryl methyl sites for hydroxylation is 1. The Morgan fingerprint density at radius 2 is 1.71 bits per heavy atom. The molecule has 4 rings (SSSR count). The molecule has 9 nitrogen and oxygen atoms in total. The Labute approximate surface area is 205 Å². The van der Waals surface area contributed by atoms with Crippen molar-refractivity contribution < 1.29 is 32.2 Å². The number of ether oxygens (including phenoxy) is 3. The van der Waals surface area contributed by atoms with Crippen molar-refractivity contribution in [3.63, 3.8) is 0 Å². The molecule has 2 aromatic rings. The highest BCUT2D eigenvalue weighted by molar-refractivity contribution is 7.89. The average molecular weight is 503 g/mol. The summed E-state index contributed by atoms with van der Waals surface area (Å²) in [7, 11) is -2.42. The molecule has 0 aliphatic carbocycles. The number of rotatable bonds is 7. The molecule has 2 aromatic carbocycles. The number of sulfonamides is 1. The second-order valence-electron chi connectivity index (χ2n) is 8.74. The molecular formula is C25H30N2O7S. The molecule has 188 valence electrons. The van der Waals surface area contributed by atoms with Crippen LogP contribution in [0.15, 0.2) is 47.4 Å². The fourth-order valence-electron chi connectivity index (χ4n) is 4.28. The van der Waals surface area contributed by atoms with Gasteiger partial charge in [0.05, 0.1) is 24.5 Å². The molecule has 2 heterocycles. The van der Waals surface area contributed by atoms with Crippen LogP contribution in [-0.2, 0) is 24.3 Å². The third-order valence-corrected chi connectivity index (χ3v) is 8.27. The van der Waals surface area contributed by atoms with Crippen LogP contribution in [0.3, 0.4) is 0 Å². The zero-order valence-electron chi connectivity index (χ0n) is 19.9. The lowest BCUT2D eigenvalue weighted by atomic mass is 9.95. The Morgan fingerprint density at radius 1 is 1.06 bits per heavy atom. The standard InChI is InChI=1S/C25H30N2O7S/c1-17-3-5-18(6-4-17)21(16-24(28)32-2)26-25(29)19-9-11-27(12-10-19)35(30,31)20-7-8-22-23(15-20)34-14-13-33-22/h3-8,15,19,21H,9-14,16H2,1-2H3,(H,26,29)/t21-/m1/s1. The monoisotopic (exact) mass is 502 g/mol. The SMILES string of the molecule is COC(=O)C[C@@H](NC(=O)C1CCN(S(=O)(=O)c2ccc3c(c2)OCCO3)CC1)c1ccc(C)cc1. The summed E-state index contributed by atoms with van der Waals surface area (Å²) in [6.45, 7) is 3.21. The lowest BCUT2D eigenvalue weighted by Crippen LogP contribution is -2.44. The van der Waals surface area contributed by atoms with Crippen LogP contribution in [-0.4, -0.2) is 58.0 Å². The minimum absolute atomic E-state index is 0.0165. The van der Waals surface area contributed by atoms with Crippen LogP contribution >= 0.6 is 0 Å². The maximum Gasteiger partial charge on any atom is 0.307 e. The average Bonchev–Trinajstić information content (AvgIpc) is 2.88. The zero-order valence-corrected chi connectivity index (χ0v) is 20.7. The second kappa shape index (κ2) is 10.7. The third kappa shape index (κ3) is 5.76. The van der Waals surface area contributed by atoms with E-state index in [1.165, 1.54) is 23.5 Å². The molecule has 1 atom stereocenters. The summed E-state index contributed by atoms with van der Waals surface area (Å²) in [6, 6.07) is 11.7. The largest absolute Gasteiger partial charge is 0.486 e. The van der Waals surface area contributed by atoms with E-state index in [0.717, 1.165) is 11.1 Å². The van der Waals surface area contributed by atoms with Gasteiger partial charge in [-0.1, -0.05) is 29.8 Å². The highest BCUT2D eigenvalue weighted by Crippen LogP contribution is 2.34. The molecule has 35 heavy (non-hydrogen) atoms. The minimum Gasteiger partial charge on any atom is -0.486 e. The highest BCUT2D eigenvalue weighted by Gasteiger charge is 2.34. The Bertz CT molecular complexity index is 1170. The van der Waals surface area contributed by atoms with Crippen molar-refractivity contribution >= 4 is 21.9 Å². The number of hydrogen-bond acceptors (Lipinski definition) is 7. The Balaban J connectivity index is 1.40. The van der Waals surface area contributed by atoms with E-state index in [-0.39, 0.29) is 36.2 Å². The van der Waals surface area contributed by atoms with Crippen molar-refractivity contribution in [1.29, 1.82) is 0 Å². The molecule has 1 saturated heterocycles. The summed E-state index contributed by atoms with van der Waals surface area (Å²) >= 11 is 0. The summed E-state index contributed by atoms with van der Waals surface area (Å²) in [5, 5.41) is 2.97. The van der Waals surface area contributed by atoms with Crippen molar-refractivity contribution in [3.8, 4) is 11.5 Å². The topological polar surface area (TPSA) is 111 Å². The molecule has 0 unspecified atom stereocenters. The predicted molar refractivity (Wildman–Crippen MR) is 128 cm³/mol. The van der Waals surface area contributed by atoms with Crippen LogP contribution in [0, 0.1) is 12.8 Å². The molecule has 2 aliphatic rings. The van der Waals surface area contributed by atoms with E-state index in [0.29, 0.717) is 37.6 Å². The number of benzene rings is 2. The maximum absolute atomic E-state index is 13.2. The number of piperidine rings is 1. The van der Waals surface area contributed by atoms with Crippen molar-refractivity contribution in [1.82, 2.24) is 9.62 Å². The van der Waals surface area contributed by atoms with Crippen LogP contribution in [0.2, 0.25) is 0 Å². The Morgan fingerprint density at radius 3 is 2.37 bits per heavy atom. The first kappa shape index (κ1) is 25.0. The van der Waals surface area contributed by atoms with Crippen molar-refractivity contribution in [3.05, 3.63) is 53.6 Å². The normalized spacial score (nSPS) is 17.4. The third-order valence-electron chi connectivity index (χ3n) is 6.37. The van der Waals surface area contributed by atoms with Gasteiger partial charge in [0.1, 0.15) is 13.2 Å². The van der Waals surface area contributed by atoms with Crippen LogP contribution in [0.4, 0.5) is 0 Å². The minimum atomic E-state index is -3.73. The van der Waals surface area contributed by atoms with Gasteiger partial charge in [0.2, 0.25) is 15.9 Å². The number of methoxy groups -OCH3 is 1. The lowest BCUT2D eigenvalue weighted by molar-refractivity contribution is -0.141. The summed E-state index contributed by atoms with van der Waals surface area (Å²) in [5.74, 6) is -0.0283. The van der Waals surface area contributed by atoms with Gasteiger partial charge in [-0.3, -0.25) is 9.59 Å². The maximum atomic E-state index is 13.2. The number of carbonyl (C=O) groups excluding carboxylic acids is 2. The fraction of sp³-hybridized carbons (Fsp3) is 0.440. The van der Waals surface area contributed by atoms with E-state index in [1.54, 1.807) is 6.07 Å². The molecule has 10 heteroatoms. The molecule has 0 radical (unpaired) electrons. The van der Waals surface area contributed by atoms with E-state index in [1.807, 2.05) is 31.2 Å². The lowest BCUT2D eigenvalue weighted by Gasteiger charge is -2.31. The van der Waals surface area contributed by atoms with Gasteiger partial charge in [-0.25, -0.2) is 8.42 Å². The summed E-state index contributed by atoms with van der Waals surface area (Å²) in [4.78, 5) is 25.1. The smallest absolute Gasteiger partial charge is 0.307 e. The molecule has 0 spiro atoms. The van der Waals surface area contributed by atoms with Crippen LogP contribution in [0.25, 0.3) is 0 Å². The molecule has 0 bridgehead atoms. The molecule has 1 amide bonds. The van der Waals surface area contributed by atoms with E-state index in [4.69, 9.17) is 14.2 Å². The molecule has 2 aliphatic heterocycles. The molecule has 1 N–H and O–H groups in total. The fourth-order valence-corrected chi connectivity index (χ4v) is 5.77. The first-order valence-electron chi connectivity index (χ1n) is 11.6. The second-order valence-corrected chi connectivity index (χ2v) is 10.7. The van der Waals surface area contributed by atoms with E-state index < -0.39 is 22.0 Å². The number of carbonyl (C=O) groups is 2. The Hall–Kier alpha value is -3.11. The van der Waals surface area contributed by atoms with Gasteiger partial charge in [-0.05, 0) is 37.5 Å². The molecular weight excluding hydrogens is 472 g/mol. The number of amides is 1. The van der Waals surface area contributed by atoms with Gasteiger partial charge in [0.15, 0.2) is 11.5 Å². The van der Waals surface area contributed by atoms with E-state index in [2.05, 4.69) is 5.32 Å². The molecule has 0 saturated carbocycles. The quantitative estimate of drug-likeness (QED) is 0.580. The predicted octanol–water partition coefficient (Wildman–Crippen LogP) is 2.59. The molecule has 1 fully saturated rings. The first-order valence-corrected chi connectivity index (χ1v) is 13.1. The number of esters is 1. The van der Waals surface area contributed by atoms with Gasteiger partial charge in [-0.2, -0.15) is 4.31 Å². The number of nitrogens with one attached hydrogen (secondary N) is 1. The van der Waals surface area contributed by atoms with Gasteiger partial charge in [0, 0.05) is 25.1 Å². The van der Waals surface area contributed by atoms with Crippen LogP contribution in [0.1, 0.15) is 36.4 Å². The number of hydrogen-bond donors (Lipinski definition) is 1. The zero-order chi connectivity index (χ0) is 25.0.